The number of imide groups is 1. The van der Waals surface area contributed by atoms with Crippen molar-refractivity contribution in [3.63, 3.8) is 0 Å². The van der Waals surface area contributed by atoms with Crippen molar-refractivity contribution in [2.24, 2.45) is 13.0 Å². The zero-order valence-corrected chi connectivity index (χ0v) is 44.6. The molecule has 1 atom stereocenters. The fraction of sp³-hybridized carbons (Fsp3) is 0.379. The van der Waals surface area contributed by atoms with E-state index in [-0.39, 0.29) is 42.3 Å². The van der Waals surface area contributed by atoms with Crippen LogP contribution in [0, 0.1) is 12.8 Å². The predicted molar refractivity (Wildman–Crippen MR) is 293 cm³/mol. The number of fused-ring (bicyclic) bond motifs is 3. The number of amides is 4. The van der Waals surface area contributed by atoms with Gasteiger partial charge in [-0.25, -0.2) is 14.8 Å². The van der Waals surface area contributed by atoms with Crippen LogP contribution >= 0.6 is 11.3 Å². The summed E-state index contributed by atoms with van der Waals surface area (Å²) in [6.45, 7) is 11.1. The minimum absolute atomic E-state index is 0.142. The van der Waals surface area contributed by atoms with Gasteiger partial charge in [0.05, 0.1) is 53.3 Å². The lowest BCUT2D eigenvalue weighted by molar-refractivity contribution is -0.134. The molecule has 394 valence electrons. The Balaban J connectivity index is 0.729. The Morgan fingerprint density at radius 1 is 0.882 bits per heavy atom. The molecule has 4 aromatic carbocycles. The van der Waals surface area contributed by atoms with Crippen molar-refractivity contribution in [1.29, 1.82) is 0 Å². The standard InChI is InChI=1S/C58H63N9O8S/c1-34-29-37(74-28-10-11-35-22-25-66(26-23-35)33-51(69)59-45-31-46-42(30-47(45)73-6)52(64-65(46)5)41-19-21-50(68)62-55(41)71)16-17-38(34)39-18-20-49(61-53(39)56(72)75-58(2,3)4)67-27-24-36-12-9-13-40(43(36)32-67)54(70)63-57-60-44-14-7-8-15-48(44)76-57/h7-9,12-18,20,29-31,35,41H,10-11,19,21-28,32-33H2,1-6H3,(H,59,69)(H,60,63,70)(H,62,68,71). The third-order valence-corrected chi connectivity index (χ3v) is 15.4. The molecule has 2 fully saturated rings. The van der Waals surface area contributed by atoms with E-state index in [0.717, 1.165) is 87.9 Å². The maximum atomic E-state index is 14.0. The third-order valence-electron chi connectivity index (χ3n) is 14.5. The molecule has 3 aliphatic heterocycles. The lowest BCUT2D eigenvalue weighted by Gasteiger charge is -2.31. The van der Waals surface area contributed by atoms with E-state index in [1.54, 1.807) is 17.8 Å². The van der Waals surface area contributed by atoms with E-state index in [2.05, 4.69) is 41.9 Å². The lowest BCUT2D eigenvalue weighted by atomic mass is 9.92. The Morgan fingerprint density at radius 3 is 2.45 bits per heavy atom. The Kier molecular flexibility index (Phi) is 14.9. The fourth-order valence-electron chi connectivity index (χ4n) is 10.6. The smallest absolute Gasteiger partial charge is 0.358 e. The fourth-order valence-corrected chi connectivity index (χ4v) is 11.5. The molecule has 0 radical (unpaired) electrons. The van der Waals surface area contributed by atoms with E-state index in [0.29, 0.717) is 77.7 Å². The normalized spacial score (nSPS) is 16.3. The number of para-hydroxylation sites is 1. The van der Waals surface area contributed by atoms with Crippen LogP contribution in [0.3, 0.4) is 0 Å². The van der Waals surface area contributed by atoms with Gasteiger partial charge in [-0.15, -0.1) is 0 Å². The van der Waals surface area contributed by atoms with Crippen molar-refractivity contribution in [2.45, 2.75) is 90.7 Å². The van der Waals surface area contributed by atoms with E-state index in [4.69, 9.17) is 19.2 Å². The summed E-state index contributed by atoms with van der Waals surface area (Å²) in [5.41, 5.74) is 7.18. The highest BCUT2D eigenvalue weighted by molar-refractivity contribution is 7.22. The number of benzene rings is 4. The van der Waals surface area contributed by atoms with Crippen LogP contribution in [-0.2, 0) is 39.1 Å². The molecule has 1 unspecified atom stereocenters. The summed E-state index contributed by atoms with van der Waals surface area (Å²) < 4.78 is 20.6. The molecule has 76 heavy (non-hydrogen) atoms. The maximum absolute atomic E-state index is 14.0. The molecule has 0 bridgehead atoms. The minimum atomic E-state index is -0.745. The van der Waals surface area contributed by atoms with E-state index in [1.807, 2.05) is 100 Å². The molecule has 10 rings (SSSR count). The number of aryl methyl sites for hydroxylation is 2. The summed E-state index contributed by atoms with van der Waals surface area (Å²) >= 11 is 1.44. The number of rotatable bonds is 15. The molecule has 0 saturated carbocycles. The highest BCUT2D eigenvalue weighted by Gasteiger charge is 2.33. The van der Waals surface area contributed by atoms with Gasteiger partial charge in [0.15, 0.2) is 10.8 Å². The summed E-state index contributed by atoms with van der Waals surface area (Å²) in [7, 11) is 3.33. The van der Waals surface area contributed by atoms with E-state index in [1.165, 1.54) is 18.4 Å². The summed E-state index contributed by atoms with van der Waals surface area (Å²) in [6, 6.07) is 27.0. The number of methoxy groups -OCH3 is 1. The van der Waals surface area contributed by atoms with Gasteiger partial charge >= 0.3 is 5.97 Å². The first-order valence-corrected chi connectivity index (χ1v) is 26.8. The van der Waals surface area contributed by atoms with Crippen LogP contribution in [0.5, 0.6) is 11.5 Å². The average Bonchev–Trinajstić information content (AvgIpc) is 3.96. The maximum Gasteiger partial charge on any atom is 0.358 e. The first-order chi connectivity index (χ1) is 36.6. The molecule has 6 heterocycles. The summed E-state index contributed by atoms with van der Waals surface area (Å²) in [5.74, 6) is 0.282. The number of piperidine rings is 2. The lowest BCUT2D eigenvalue weighted by Crippen LogP contribution is -2.39. The van der Waals surface area contributed by atoms with Gasteiger partial charge in [-0.3, -0.25) is 39.4 Å². The van der Waals surface area contributed by atoms with Crippen LogP contribution in [0.25, 0.3) is 32.2 Å². The van der Waals surface area contributed by atoms with Crippen LogP contribution < -0.4 is 30.3 Å². The number of nitrogens with one attached hydrogen (secondary N) is 3. The van der Waals surface area contributed by atoms with Gasteiger partial charge in [-0.1, -0.05) is 41.7 Å². The van der Waals surface area contributed by atoms with Gasteiger partial charge in [-0.05, 0) is 162 Å². The number of anilines is 3. The number of esters is 1. The van der Waals surface area contributed by atoms with Gasteiger partial charge in [0.2, 0.25) is 17.7 Å². The topological polar surface area (TPSA) is 199 Å². The number of ether oxygens (including phenoxy) is 3. The van der Waals surface area contributed by atoms with Gasteiger partial charge in [0.25, 0.3) is 5.91 Å². The Morgan fingerprint density at radius 2 is 1.68 bits per heavy atom. The number of hydrogen-bond acceptors (Lipinski definition) is 14. The van der Waals surface area contributed by atoms with Crippen LogP contribution in [0.2, 0.25) is 0 Å². The number of nitrogens with zero attached hydrogens (tertiary/aromatic N) is 6. The van der Waals surface area contributed by atoms with Crippen molar-refractivity contribution in [3.8, 4) is 22.6 Å². The molecule has 4 amide bonds. The molecule has 17 nitrogen and oxygen atoms in total. The molecule has 2 saturated heterocycles. The van der Waals surface area contributed by atoms with E-state index in [9.17, 15) is 24.0 Å². The van der Waals surface area contributed by atoms with Gasteiger partial charge in [0, 0.05) is 43.1 Å². The second kappa shape index (κ2) is 21.9. The first-order valence-electron chi connectivity index (χ1n) is 26.0. The molecule has 18 heteroatoms. The number of likely N-dealkylation sites (tertiary alicyclic amines) is 1. The number of carbonyl (C=O) groups excluding carboxylic acids is 5. The summed E-state index contributed by atoms with van der Waals surface area (Å²) in [6.07, 6.45) is 5.20. The molecule has 3 aromatic heterocycles. The van der Waals surface area contributed by atoms with Crippen molar-refractivity contribution >= 4 is 78.7 Å². The summed E-state index contributed by atoms with van der Waals surface area (Å²) in [5, 5.41) is 14.4. The van der Waals surface area contributed by atoms with Gasteiger partial charge < -0.3 is 24.4 Å². The van der Waals surface area contributed by atoms with Crippen molar-refractivity contribution in [1.82, 2.24) is 30.0 Å². The number of carbonyl (C=O) groups is 5. The molecule has 0 aliphatic carbocycles. The van der Waals surface area contributed by atoms with Crippen molar-refractivity contribution < 1.29 is 38.2 Å². The van der Waals surface area contributed by atoms with Crippen LogP contribution in [0.1, 0.15) is 108 Å². The minimum Gasteiger partial charge on any atom is -0.495 e. The third kappa shape index (κ3) is 11.4. The Hall–Kier alpha value is -7.70. The highest BCUT2D eigenvalue weighted by Crippen LogP contribution is 2.38. The van der Waals surface area contributed by atoms with Crippen LogP contribution in [-0.4, -0.2) is 99.7 Å². The van der Waals surface area contributed by atoms with Crippen LogP contribution in [0.4, 0.5) is 16.6 Å². The van der Waals surface area contributed by atoms with Crippen LogP contribution in [0.15, 0.2) is 84.9 Å². The van der Waals surface area contributed by atoms with Gasteiger partial charge in [0.1, 0.15) is 22.9 Å². The van der Waals surface area contributed by atoms with Crippen molar-refractivity contribution in [2.75, 3.05) is 55.4 Å². The second-order valence-corrected chi connectivity index (χ2v) is 22.0. The Bertz CT molecular complexity index is 3360. The predicted octanol–water partition coefficient (Wildman–Crippen LogP) is 9.36. The quantitative estimate of drug-likeness (QED) is 0.0499. The monoisotopic (exact) mass is 1050 g/mol. The number of pyridine rings is 1. The Labute approximate surface area is 445 Å². The molecule has 3 N–H and O–H groups in total. The first kappa shape index (κ1) is 51.8. The van der Waals surface area contributed by atoms with E-state index >= 15 is 0 Å². The summed E-state index contributed by atoms with van der Waals surface area (Å²) in [4.78, 5) is 79.4. The number of thiazole rings is 1. The van der Waals surface area contributed by atoms with Gasteiger partial charge in [-0.2, -0.15) is 5.10 Å². The second-order valence-electron chi connectivity index (χ2n) is 20.9. The zero-order chi connectivity index (χ0) is 53.3. The largest absolute Gasteiger partial charge is 0.495 e. The highest BCUT2D eigenvalue weighted by atomic mass is 32.1. The molecule has 0 spiro atoms. The number of aromatic nitrogens is 4. The SMILES string of the molecule is COc1cc2c(C3CCC(=O)NC3=O)nn(C)c2cc1NC(=O)CN1CCC(CCCOc2ccc(-c3ccc(N4CCc5cccc(C(=O)Nc6nc7ccccc7s6)c5C4)nc3C(=O)OC(C)(C)C)c(C)c2)CC1. The molecule has 3 aliphatic rings. The van der Waals surface area contributed by atoms with E-state index < -0.39 is 17.5 Å². The zero-order valence-electron chi connectivity index (χ0n) is 43.8. The molecular weight excluding hydrogens is 983 g/mol. The number of hydrogen-bond donors (Lipinski definition) is 3. The van der Waals surface area contributed by atoms with Crippen molar-refractivity contribution in [3.05, 3.63) is 119 Å². The molecular formula is C58H63N9O8S. The molecule has 7 aromatic rings. The average molecular weight is 1050 g/mol.